The van der Waals surface area contributed by atoms with Crippen LogP contribution in [-0.2, 0) is 4.79 Å². The molecule has 0 saturated heterocycles. The molecule has 1 aromatic heterocycles. The summed E-state index contributed by atoms with van der Waals surface area (Å²) in [5, 5.41) is 8.46. The predicted octanol–water partition coefficient (Wildman–Crippen LogP) is 1.52. The molecule has 0 aromatic carbocycles. The Balaban J connectivity index is 2.45. The fourth-order valence-corrected chi connectivity index (χ4v) is 1.31. The zero-order chi connectivity index (χ0) is 12.1. The van der Waals surface area contributed by atoms with E-state index in [4.69, 9.17) is 9.52 Å². The molecule has 0 atom stereocenters. The molecule has 0 unspecified atom stereocenters. The molecule has 1 aromatic rings. The van der Waals surface area contributed by atoms with Gasteiger partial charge in [-0.1, -0.05) is 0 Å². The molecule has 1 N–H and O–H groups in total. The highest BCUT2D eigenvalue weighted by molar-refractivity contribution is 5.91. The van der Waals surface area contributed by atoms with Gasteiger partial charge in [0.1, 0.15) is 5.76 Å². The molecule has 0 saturated carbocycles. The second-order valence-corrected chi connectivity index (χ2v) is 3.63. The normalized spacial score (nSPS) is 10.1. The third kappa shape index (κ3) is 3.42. The van der Waals surface area contributed by atoms with Gasteiger partial charge in [0, 0.05) is 20.0 Å². The molecule has 16 heavy (non-hydrogen) atoms. The Morgan fingerprint density at radius 1 is 1.44 bits per heavy atom. The molecule has 0 aliphatic rings. The first-order valence-corrected chi connectivity index (χ1v) is 5.04. The summed E-state index contributed by atoms with van der Waals surface area (Å²) < 4.78 is 5.19. The molecule has 0 aliphatic heterocycles. The van der Waals surface area contributed by atoms with E-state index in [2.05, 4.69) is 0 Å². The first kappa shape index (κ1) is 12.3. The van der Waals surface area contributed by atoms with Gasteiger partial charge in [0.2, 0.25) is 0 Å². The average Bonchev–Trinajstić information content (AvgIpc) is 2.63. The lowest BCUT2D eigenvalue weighted by Crippen LogP contribution is -2.27. The maximum absolute atomic E-state index is 11.7. The minimum absolute atomic E-state index is 0.0643. The number of carbonyl (C=O) groups is 2. The summed E-state index contributed by atoms with van der Waals surface area (Å²) in [6.45, 7) is 2.17. The minimum atomic E-state index is -0.852. The molecule has 5 heteroatoms. The molecule has 0 spiro atoms. The Kier molecular flexibility index (Phi) is 4.10. The van der Waals surface area contributed by atoms with E-state index in [0.717, 1.165) is 0 Å². The molecule has 0 fully saturated rings. The third-order valence-electron chi connectivity index (χ3n) is 2.18. The van der Waals surface area contributed by atoms with Crippen LogP contribution < -0.4 is 0 Å². The molecule has 0 radical (unpaired) electrons. The molecule has 88 valence electrons. The zero-order valence-corrected chi connectivity index (χ0v) is 9.40. The highest BCUT2D eigenvalue weighted by atomic mass is 16.4. The van der Waals surface area contributed by atoms with Crippen LogP contribution in [0.2, 0.25) is 0 Å². The van der Waals surface area contributed by atoms with Crippen molar-refractivity contribution in [2.75, 3.05) is 13.6 Å². The van der Waals surface area contributed by atoms with E-state index in [1.807, 2.05) is 0 Å². The van der Waals surface area contributed by atoms with Crippen LogP contribution in [0.25, 0.3) is 0 Å². The Hall–Kier alpha value is -1.78. The van der Waals surface area contributed by atoms with E-state index < -0.39 is 5.97 Å². The molecule has 5 nitrogen and oxygen atoms in total. The lowest BCUT2D eigenvalue weighted by Gasteiger charge is -2.14. The Bertz CT molecular complexity index is 383. The lowest BCUT2D eigenvalue weighted by molar-refractivity contribution is -0.137. The van der Waals surface area contributed by atoms with Gasteiger partial charge < -0.3 is 14.4 Å². The van der Waals surface area contributed by atoms with Crippen LogP contribution in [0.15, 0.2) is 16.5 Å². The number of aliphatic carboxylic acids is 1. The number of aryl methyl sites for hydroxylation is 1. The Morgan fingerprint density at radius 3 is 2.62 bits per heavy atom. The average molecular weight is 225 g/mol. The molecule has 1 heterocycles. The number of nitrogens with zero attached hydrogens (tertiary/aromatic N) is 1. The number of carboxylic acid groups (broad SMARTS) is 1. The number of furan rings is 1. The predicted molar refractivity (Wildman–Crippen MR) is 57.3 cm³/mol. The van der Waals surface area contributed by atoms with Crippen molar-refractivity contribution >= 4 is 11.9 Å². The molecular formula is C11H15NO4. The Labute approximate surface area is 93.7 Å². The number of hydrogen-bond donors (Lipinski definition) is 1. The largest absolute Gasteiger partial charge is 0.481 e. The van der Waals surface area contributed by atoms with E-state index in [1.54, 1.807) is 26.1 Å². The summed E-state index contributed by atoms with van der Waals surface area (Å²) >= 11 is 0. The standard InChI is InChI=1S/C11H15NO4/c1-8-5-6-9(16-8)11(15)12(2)7-3-4-10(13)14/h5-6H,3-4,7H2,1-2H3,(H,13,14). The quantitative estimate of drug-likeness (QED) is 0.824. The van der Waals surface area contributed by atoms with Crippen LogP contribution in [0.4, 0.5) is 0 Å². The van der Waals surface area contributed by atoms with Crippen molar-refractivity contribution < 1.29 is 19.1 Å². The summed E-state index contributed by atoms with van der Waals surface area (Å²) in [7, 11) is 1.63. The fraction of sp³-hybridized carbons (Fsp3) is 0.455. The maximum atomic E-state index is 11.7. The van der Waals surface area contributed by atoms with Gasteiger partial charge in [0.15, 0.2) is 5.76 Å². The van der Waals surface area contributed by atoms with Crippen molar-refractivity contribution in [3.63, 3.8) is 0 Å². The van der Waals surface area contributed by atoms with Crippen molar-refractivity contribution in [2.24, 2.45) is 0 Å². The van der Waals surface area contributed by atoms with E-state index in [0.29, 0.717) is 18.7 Å². The van der Waals surface area contributed by atoms with Crippen molar-refractivity contribution in [1.82, 2.24) is 4.90 Å². The number of carboxylic acids is 1. The van der Waals surface area contributed by atoms with Gasteiger partial charge in [-0.25, -0.2) is 0 Å². The number of amides is 1. The topological polar surface area (TPSA) is 70.8 Å². The van der Waals surface area contributed by atoms with Crippen LogP contribution in [0.1, 0.15) is 29.2 Å². The van der Waals surface area contributed by atoms with E-state index in [-0.39, 0.29) is 18.1 Å². The highest BCUT2D eigenvalue weighted by Crippen LogP contribution is 2.09. The van der Waals surface area contributed by atoms with Crippen LogP contribution in [-0.4, -0.2) is 35.5 Å². The lowest BCUT2D eigenvalue weighted by atomic mass is 10.3. The number of hydrogen-bond acceptors (Lipinski definition) is 3. The van der Waals surface area contributed by atoms with Crippen molar-refractivity contribution in [2.45, 2.75) is 19.8 Å². The van der Waals surface area contributed by atoms with Gasteiger partial charge in [-0.3, -0.25) is 9.59 Å². The fourth-order valence-electron chi connectivity index (χ4n) is 1.31. The second kappa shape index (κ2) is 5.34. The van der Waals surface area contributed by atoms with Crippen molar-refractivity contribution in [3.8, 4) is 0 Å². The summed E-state index contributed by atoms with van der Waals surface area (Å²) in [5.41, 5.74) is 0. The number of rotatable bonds is 5. The molecule has 0 bridgehead atoms. The first-order chi connectivity index (χ1) is 7.50. The third-order valence-corrected chi connectivity index (χ3v) is 2.18. The van der Waals surface area contributed by atoms with E-state index in [9.17, 15) is 9.59 Å². The van der Waals surface area contributed by atoms with Crippen LogP contribution in [0.3, 0.4) is 0 Å². The molecule has 1 amide bonds. The minimum Gasteiger partial charge on any atom is -0.481 e. The van der Waals surface area contributed by atoms with Gasteiger partial charge >= 0.3 is 5.97 Å². The molecule has 0 aliphatic carbocycles. The molecular weight excluding hydrogens is 210 g/mol. The summed E-state index contributed by atoms with van der Waals surface area (Å²) in [6, 6.07) is 3.34. The van der Waals surface area contributed by atoms with Crippen molar-refractivity contribution in [3.05, 3.63) is 23.7 Å². The number of carbonyl (C=O) groups excluding carboxylic acids is 1. The van der Waals surface area contributed by atoms with Gasteiger partial charge in [-0.2, -0.15) is 0 Å². The summed E-state index contributed by atoms with van der Waals surface area (Å²) in [4.78, 5) is 23.5. The smallest absolute Gasteiger partial charge is 0.303 e. The van der Waals surface area contributed by atoms with Crippen molar-refractivity contribution in [1.29, 1.82) is 0 Å². The summed E-state index contributed by atoms with van der Waals surface area (Å²) in [6.07, 6.45) is 0.506. The van der Waals surface area contributed by atoms with Crippen LogP contribution in [0, 0.1) is 6.92 Å². The van der Waals surface area contributed by atoms with Gasteiger partial charge in [0.25, 0.3) is 5.91 Å². The monoisotopic (exact) mass is 225 g/mol. The van der Waals surface area contributed by atoms with Gasteiger partial charge in [-0.05, 0) is 25.5 Å². The summed E-state index contributed by atoms with van der Waals surface area (Å²) in [5.74, 6) is -0.106. The van der Waals surface area contributed by atoms with Gasteiger partial charge in [0.05, 0.1) is 0 Å². The van der Waals surface area contributed by atoms with E-state index >= 15 is 0 Å². The maximum Gasteiger partial charge on any atom is 0.303 e. The zero-order valence-electron chi connectivity index (χ0n) is 9.40. The van der Waals surface area contributed by atoms with E-state index in [1.165, 1.54) is 4.90 Å². The molecule has 1 rings (SSSR count). The first-order valence-electron chi connectivity index (χ1n) is 5.04. The highest BCUT2D eigenvalue weighted by Gasteiger charge is 2.14. The van der Waals surface area contributed by atoms with Crippen LogP contribution in [0.5, 0.6) is 0 Å². The Morgan fingerprint density at radius 2 is 2.12 bits per heavy atom. The van der Waals surface area contributed by atoms with Gasteiger partial charge in [-0.15, -0.1) is 0 Å². The second-order valence-electron chi connectivity index (χ2n) is 3.63. The SMILES string of the molecule is Cc1ccc(C(=O)N(C)CCCC(=O)O)o1. The van der Waals surface area contributed by atoms with Crippen LogP contribution >= 0.6 is 0 Å².